The van der Waals surface area contributed by atoms with Crippen LogP contribution in [0.4, 0.5) is 0 Å². The Hall–Kier alpha value is -0.520. The molecule has 0 spiro atoms. The van der Waals surface area contributed by atoms with E-state index in [4.69, 9.17) is 0 Å². The van der Waals surface area contributed by atoms with Crippen molar-refractivity contribution >= 4 is 0 Å². The molecule has 0 aliphatic heterocycles. The van der Waals surface area contributed by atoms with Crippen molar-refractivity contribution in [1.82, 2.24) is 0 Å². The van der Waals surface area contributed by atoms with E-state index in [0.29, 0.717) is 17.3 Å². The zero-order valence-corrected chi connectivity index (χ0v) is 12.3. The molecular formula is C16H30. The van der Waals surface area contributed by atoms with E-state index in [1.165, 1.54) is 12.0 Å². The maximum absolute atomic E-state index is 4.26. The second-order valence-electron chi connectivity index (χ2n) is 6.73. The summed E-state index contributed by atoms with van der Waals surface area (Å²) in [7, 11) is 0. The van der Waals surface area contributed by atoms with Gasteiger partial charge in [0.1, 0.15) is 0 Å². The quantitative estimate of drug-likeness (QED) is 0.542. The second-order valence-corrected chi connectivity index (χ2v) is 6.73. The zero-order chi connectivity index (χ0) is 12.9. The third-order valence-corrected chi connectivity index (χ3v) is 2.90. The van der Waals surface area contributed by atoms with Gasteiger partial charge >= 0.3 is 0 Å². The van der Waals surface area contributed by atoms with Gasteiger partial charge in [0.25, 0.3) is 0 Å². The Kier molecular flexibility index (Phi) is 6.07. The SMILES string of the molecule is C=C(/C=C\C(C)C)C(CC(C)C)C(C)(C)C. The normalized spacial score (nSPS) is 15.1. The topological polar surface area (TPSA) is 0 Å². The van der Waals surface area contributed by atoms with Crippen molar-refractivity contribution in [2.24, 2.45) is 23.2 Å². The van der Waals surface area contributed by atoms with Crippen molar-refractivity contribution in [3.63, 3.8) is 0 Å². The first-order valence-corrected chi connectivity index (χ1v) is 6.51. The largest absolute Gasteiger partial charge is 0.0955 e. The Morgan fingerprint density at radius 3 is 1.94 bits per heavy atom. The van der Waals surface area contributed by atoms with Crippen LogP contribution in [0.1, 0.15) is 54.9 Å². The van der Waals surface area contributed by atoms with E-state index in [1.54, 1.807) is 0 Å². The van der Waals surface area contributed by atoms with E-state index in [9.17, 15) is 0 Å². The Bertz CT molecular complexity index is 235. The van der Waals surface area contributed by atoms with Gasteiger partial charge in [-0.3, -0.25) is 0 Å². The first-order chi connectivity index (χ1) is 7.14. The van der Waals surface area contributed by atoms with Gasteiger partial charge in [-0.25, -0.2) is 0 Å². The Morgan fingerprint density at radius 1 is 1.12 bits per heavy atom. The molecule has 0 rings (SSSR count). The molecule has 0 radical (unpaired) electrons. The van der Waals surface area contributed by atoms with E-state index in [0.717, 1.165) is 5.92 Å². The predicted octanol–water partition coefficient (Wildman–Crippen LogP) is 5.46. The van der Waals surface area contributed by atoms with Gasteiger partial charge in [0.15, 0.2) is 0 Å². The lowest BCUT2D eigenvalue weighted by molar-refractivity contribution is 0.245. The summed E-state index contributed by atoms with van der Waals surface area (Å²) >= 11 is 0. The van der Waals surface area contributed by atoms with Crippen molar-refractivity contribution in [3.05, 3.63) is 24.3 Å². The molecule has 94 valence electrons. The molecule has 0 aliphatic rings. The summed E-state index contributed by atoms with van der Waals surface area (Å²) in [5.74, 6) is 1.92. The molecule has 0 fully saturated rings. The molecule has 0 amide bonds. The van der Waals surface area contributed by atoms with E-state index in [1.807, 2.05) is 0 Å². The molecule has 0 heteroatoms. The van der Waals surface area contributed by atoms with Gasteiger partial charge in [0.05, 0.1) is 0 Å². The fraction of sp³-hybridized carbons (Fsp3) is 0.750. The summed E-state index contributed by atoms with van der Waals surface area (Å²) < 4.78 is 0. The van der Waals surface area contributed by atoms with Crippen molar-refractivity contribution in [1.29, 1.82) is 0 Å². The number of hydrogen-bond donors (Lipinski definition) is 0. The molecular weight excluding hydrogens is 192 g/mol. The van der Waals surface area contributed by atoms with Crippen molar-refractivity contribution in [2.75, 3.05) is 0 Å². The monoisotopic (exact) mass is 222 g/mol. The predicted molar refractivity (Wildman–Crippen MR) is 75.5 cm³/mol. The minimum atomic E-state index is 0.308. The fourth-order valence-corrected chi connectivity index (χ4v) is 1.96. The standard InChI is InChI=1S/C16H30/c1-12(2)9-10-14(5)15(11-13(3)4)16(6,7)8/h9-10,12-13,15H,5,11H2,1-4,6-8H3/b10-9-. The first-order valence-electron chi connectivity index (χ1n) is 6.51. The molecule has 0 saturated carbocycles. The van der Waals surface area contributed by atoms with E-state index >= 15 is 0 Å². The van der Waals surface area contributed by atoms with Gasteiger partial charge in [-0.2, -0.15) is 0 Å². The van der Waals surface area contributed by atoms with Crippen LogP contribution in [0.25, 0.3) is 0 Å². The average molecular weight is 222 g/mol. The molecule has 0 aromatic heterocycles. The molecule has 0 saturated heterocycles. The fourth-order valence-electron chi connectivity index (χ4n) is 1.96. The van der Waals surface area contributed by atoms with Gasteiger partial charge in [-0.1, -0.05) is 72.8 Å². The van der Waals surface area contributed by atoms with Crippen molar-refractivity contribution in [3.8, 4) is 0 Å². The zero-order valence-electron chi connectivity index (χ0n) is 12.3. The van der Waals surface area contributed by atoms with Crippen LogP contribution >= 0.6 is 0 Å². The van der Waals surface area contributed by atoms with Crippen molar-refractivity contribution in [2.45, 2.75) is 54.9 Å². The Morgan fingerprint density at radius 2 is 1.62 bits per heavy atom. The lowest BCUT2D eigenvalue weighted by Crippen LogP contribution is -2.23. The van der Waals surface area contributed by atoms with Crippen LogP contribution in [0, 0.1) is 23.2 Å². The maximum atomic E-state index is 4.26. The minimum Gasteiger partial charge on any atom is -0.0955 e. The molecule has 1 unspecified atom stereocenters. The highest BCUT2D eigenvalue weighted by Gasteiger charge is 2.26. The third kappa shape index (κ3) is 6.15. The highest BCUT2D eigenvalue weighted by molar-refractivity contribution is 5.20. The van der Waals surface area contributed by atoms with Crippen LogP contribution in [0.5, 0.6) is 0 Å². The van der Waals surface area contributed by atoms with Crippen LogP contribution in [-0.2, 0) is 0 Å². The van der Waals surface area contributed by atoms with E-state index in [-0.39, 0.29) is 0 Å². The smallest absolute Gasteiger partial charge is 0.0117 e. The summed E-state index contributed by atoms with van der Waals surface area (Å²) in [6.07, 6.45) is 5.70. The molecule has 0 nitrogen and oxygen atoms in total. The van der Waals surface area contributed by atoms with E-state index in [2.05, 4.69) is 67.2 Å². The molecule has 0 aromatic rings. The average Bonchev–Trinajstić information content (AvgIpc) is 2.08. The van der Waals surface area contributed by atoms with E-state index < -0.39 is 0 Å². The second kappa shape index (κ2) is 6.27. The minimum absolute atomic E-state index is 0.308. The number of rotatable bonds is 5. The molecule has 1 atom stereocenters. The van der Waals surface area contributed by atoms with Crippen LogP contribution < -0.4 is 0 Å². The maximum Gasteiger partial charge on any atom is -0.0117 e. The number of allylic oxidation sites excluding steroid dienone is 3. The highest BCUT2D eigenvalue weighted by Crippen LogP contribution is 2.36. The number of hydrogen-bond acceptors (Lipinski definition) is 0. The van der Waals surface area contributed by atoms with Gasteiger partial charge in [0, 0.05) is 0 Å². The lowest BCUT2D eigenvalue weighted by atomic mass is 9.72. The van der Waals surface area contributed by atoms with Crippen LogP contribution in [0.2, 0.25) is 0 Å². The molecule has 0 bridgehead atoms. The lowest BCUT2D eigenvalue weighted by Gasteiger charge is -2.33. The summed E-state index contributed by atoms with van der Waals surface area (Å²) in [5, 5.41) is 0. The van der Waals surface area contributed by atoms with Gasteiger partial charge in [0.2, 0.25) is 0 Å². The van der Waals surface area contributed by atoms with Gasteiger partial charge < -0.3 is 0 Å². The summed E-state index contributed by atoms with van der Waals surface area (Å²) in [6, 6.07) is 0. The van der Waals surface area contributed by atoms with Crippen LogP contribution in [-0.4, -0.2) is 0 Å². The summed E-state index contributed by atoms with van der Waals surface area (Å²) in [5.41, 5.74) is 1.60. The van der Waals surface area contributed by atoms with Crippen LogP contribution in [0.3, 0.4) is 0 Å². The molecule has 16 heavy (non-hydrogen) atoms. The Balaban J connectivity index is 4.71. The van der Waals surface area contributed by atoms with Gasteiger partial charge in [-0.05, 0) is 29.6 Å². The van der Waals surface area contributed by atoms with Crippen molar-refractivity contribution < 1.29 is 0 Å². The summed E-state index contributed by atoms with van der Waals surface area (Å²) in [4.78, 5) is 0. The third-order valence-electron chi connectivity index (χ3n) is 2.90. The van der Waals surface area contributed by atoms with Crippen LogP contribution in [0.15, 0.2) is 24.3 Å². The molecule has 0 heterocycles. The first kappa shape index (κ1) is 15.5. The highest BCUT2D eigenvalue weighted by atomic mass is 14.3. The van der Waals surface area contributed by atoms with Gasteiger partial charge in [-0.15, -0.1) is 0 Å². The molecule has 0 N–H and O–H groups in total. The molecule has 0 aliphatic carbocycles. The molecule has 0 aromatic carbocycles. The summed E-state index contributed by atoms with van der Waals surface area (Å²) in [6.45, 7) is 20.2. The Labute approximate surface area is 103 Å².